The number of hydrogen-bond donors (Lipinski definition) is 1. The molecule has 1 atom stereocenters. The summed E-state index contributed by atoms with van der Waals surface area (Å²) in [6.45, 7) is 2.36. The van der Waals surface area contributed by atoms with E-state index >= 15 is 0 Å². The maximum Gasteiger partial charge on any atom is 0.347 e. The first-order valence-electron chi connectivity index (χ1n) is 5.29. The van der Waals surface area contributed by atoms with Crippen molar-refractivity contribution in [2.75, 3.05) is 13.2 Å². The van der Waals surface area contributed by atoms with Crippen LogP contribution in [0.4, 0.5) is 0 Å². The predicted octanol–water partition coefficient (Wildman–Crippen LogP) is 0.254. The minimum absolute atomic E-state index is 0.179. The molecule has 1 N–H and O–H groups in total. The van der Waals surface area contributed by atoms with E-state index in [4.69, 9.17) is 7.85 Å². The zero-order valence-electron chi connectivity index (χ0n) is 10.3. The van der Waals surface area contributed by atoms with Crippen molar-refractivity contribution in [3.8, 4) is 0 Å². The van der Waals surface area contributed by atoms with Crippen LogP contribution in [0.5, 0.6) is 0 Å². The van der Waals surface area contributed by atoms with Crippen LogP contribution in [0.25, 0.3) is 0 Å². The largest absolute Gasteiger partial charge is 0.463 e. The van der Waals surface area contributed by atoms with Crippen LogP contribution in [-0.2, 0) is 19.1 Å². The summed E-state index contributed by atoms with van der Waals surface area (Å²) in [4.78, 5) is 22.2. The highest BCUT2D eigenvalue weighted by atomic mass is 16.6. The number of aliphatic hydroxyl groups excluding tert-OH is 1. The summed E-state index contributed by atoms with van der Waals surface area (Å²) >= 11 is 0. The first-order valence-corrected chi connectivity index (χ1v) is 4.29. The fourth-order valence-electron chi connectivity index (χ4n) is 0.705. The Balaban J connectivity index is 4.10. The summed E-state index contributed by atoms with van der Waals surface area (Å²) in [5, 5.41) is 8.60. The summed E-state index contributed by atoms with van der Waals surface area (Å²) in [5.41, 5.74) is 0. The van der Waals surface area contributed by atoms with E-state index in [1.54, 1.807) is 6.92 Å². The van der Waals surface area contributed by atoms with Crippen molar-refractivity contribution in [1.82, 2.24) is 0 Å². The van der Waals surface area contributed by atoms with E-state index in [9.17, 15) is 9.59 Å². The minimum atomic E-state index is -2.04. The number of rotatable bonds is 6. The highest BCUT2D eigenvalue weighted by Gasteiger charge is 2.18. The summed E-state index contributed by atoms with van der Waals surface area (Å²) < 4.78 is 23.5. The van der Waals surface area contributed by atoms with E-state index in [0.717, 1.165) is 0 Å². The van der Waals surface area contributed by atoms with Gasteiger partial charge in [0.1, 0.15) is 0 Å². The van der Waals surface area contributed by atoms with Crippen molar-refractivity contribution in [2.45, 2.75) is 32.7 Å². The van der Waals surface area contributed by atoms with Gasteiger partial charge in [-0.2, -0.15) is 0 Å². The molecule has 0 aromatic heterocycles. The second-order valence-electron chi connectivity index (χ2n) is 2.47. The minimum Gasteiger partial charge on any atom is -0.463 e. The molecule has 0 aliphatic carbocycles. The molecule has 5 heteroatoms. The molecule has 0 radical (unpaired) electrons. The Morgan fingerprint density at radius 2 is 2.21 bits per heavy atom. The number of hydrogen-bond acceptors (Lipinski definition) is 5. The van der Waals surface area contributed by atoms with E-state index in [-0.39, 0.29) is 6.61 Å². The molecule has 0 unspecified atom stereocenters. The summed E-state index contributed by atoms with van der Waals surface area (Å²) in [6.07, 6.45) is -3.71. The molecule has 0 rings (SSSR count). The molecule has 0 aromatic carbocycles. The first kappa shape index (κ1) is 9.45. The van der Waals surface area contributed by atoms with Crippen LogP contribution in [0.1, 0.15) is 29.4 Å². The molecule has 0 aliphatic heterocycles. The van der Waals surface area contributed by atoms with Crippen molar-refractivity contribution in [2.24, 2.45) is 0 Å². The van der Waals surface area contributed by atoms with Gasteiger partial charge in [-0.05, 0) is 20.2 Å². The van der Waals surface area contributed by atoms with Crippen LogP contribution in [0, 0.1) is 0 Å². The van der Waals surface area contributed by atoms with Crippen LogP contribution in [0.2, 0.25) is 0 Å². The Kier molecular flexibility index (Phi) is 4.94. The maximum atomic E-state index is 11.2. The SMILES string of the molecule is [2H]C([2H])(CO)CC(=O)O[C@@H](C)C(=O)OCC. The highest BCUT2D eigenvalue weighted by Crippen LogP contribution is 1.99. The van der Waals surface area contributed by atoms with Gasteiger partial charge in [-0.25, -0.2) is 4.79 Å². The second-order valence-corrected chi connectivity index (χ2v) is 2.47. The lowest BCUT2D eigenvalue weighted by Crippen LogP contribution is -2.26. The first-order chi connectivity index (χ1) is 7.32. The Hall–Kier alpha value is -1.10. The third-order valence-electron chi connectivity index (χ3n) is 1.31. The Labute approximate surface area is 85.8 Å². The molecule has 0 bridgehead atoms. The van der Waals surface area contributed by atoms with E-state index in [0.29, 0.717) is 0 Å². The van der Waals surface area contributed by atoms with Crippen LogP contribution in [-0.4, -0.2) is 36.4 Å². The van der Waals surface area contributed by atoms with E-state index in [1.807, 2.05) is 0 Å². The maximum absolute atomic E-state index is 11.2. The van der Waals surface area contributed by atoms with Crippen molar-refractivity contribution < 1.29 is 26.9 Å². The van der Waals surface area contributed by atoms with Crippen LogP contribution < -0.4 is 0 Å². The molecule has 0 fully saturated rings. The third-order valence-corrected chi connectivity index (χ3v) is 1.31. The Morgan fingerprint density at radius 3 is 2.71 bits per heavy atom. The molecule has 82 valence electrons. The van der Waals surface area contributed by atoms with Crippen LogP contribution in [0.3, 0.4) is 0 Å². The number of carbonyl (C=O) groups excluding carboxylic acids is 2. The van der Waals surface area contributed by atoms with Crippen molar-refractivity contribution in [1.29, 1.82) is 0 Å². The molecule has 0 amide bonds. The lowest BCUT2D eigenvalue weighted by Gasteiger charge is -2.11. The zero-order valence-corrected chi connectivity index (χ0v) is 8.28. The van der Waals surface area contributed by atoms with E-state index < -0.39 is 37.4 Å². The zero-order chi connectivity index (χ0) is 12.8. The van der Waals surface area contributed by atoms with Gasteiger partial charge in [0.25, 0.3) is 0 Å². The fraction of sp³-hybridized carbons (Fsp3) is 0.778. The molecular weight excluding hydrogens is 188 g/mol. The molecular formula is C9H16O5. The molecule has 0 saturated heterocycles. The number of ether oxygens (including phenoxy) is 2. The van der Waals surface area contributed by atoms with Gasteiger partial charge in [0, 0.05) is 15.8 Å². The Morgan fingerprint density at radius 1 is 1.57 bits per heavy atom. The van der Waals surface area contributed by atoms with E-state index in [1.165, 1.54) is 6.92 Å². The average Bonchev–Trinajstić information content (AvgIpc) is 2.17. The van der Waals surface area contributed by atoms with Gasteiger partial charge in [-0.3, -0.25) is 4.79 Å². The smallest absolute Gasteiger partial charge is 0.347 e. The van der Waals surface area contributed by atoms with Gasteiger partial charge in [-0.15, -0.1) is 0 Å². The van der Waals surface area contributed by atoms with Gasteiger partial charge >= 0.3 is 11.9 Å². The third kappa shape index (κ3) is 5.53. The summed E-state index contributed by atoms with van der Waals surface area (Å²) in [7, 11) is 0. The van der Waals surface area contributed by atoms with Gasteiger partial charge < -0.3 is 14.6 Å². The molecule has 0 spiro atoms. The quantitative estimate of drug-likeness (QED) is 0.631. The molecule has 14 heavy (non-hydrogen) atoms. The topological polar surface area (TPSA) is 72.8 Å². The van der Waals surface area contributed by atoms with Crippen LogP contribution >= 0.6 is 0 Å². The monoisotopic (exact) mass is 206 g/mol. The molecule has 5 nitrogen and oxygen atoms in total. The predicted molar refractivity (Wildman–Crippen MR) is 48.5 cm³/mol. The molecule has 0 aliphatic rings. The Bertz CT molecular complexity index is 254. The lowest BCUT2D eigenvalue weighted by atomic mass is 10.3. The molecule has 0 heterocycles. The van der Waals surface area contributed by atoms with Crippen LogP contribution in [0.15, 0.2) is 0 Å². The fourth-order valence-corrected chi connectivity index (χ4v) is 0.705. The molecule has 0 aromatic rings. The summed E-state index contributed by atoms with van der Waals surface area (Å²) in [6, 6.07) is 0. The average molecular weight is 206 g/mol. The number of aliphatic hydroxyl groups is 1. The van der Waals surface area contributed by atoms with E-state index in [2.05, 4.69) is 9.47 Å². The van der Waals surface area contributed by atoms with Crippen molar-refractivity contribution in [3.05, 3.63) is 0 Å². The van der Waals surface area contributed by atoms with Crippen molar-refractivity contribution >= 4 is 11.9 Å². The van der Waals surface area contributed by atoms with Gasteiger partial charge in [0.15, 0.2) is 6.10 Å². The second kappa shape index (κ2) is 7.32. The summed E-state index contributed by atoms with van der Waals surface area (Å²) in [5.74, 6) is -1.57. The number of esters is 2. The van der Waals surface area contributed by atoms with Gasteiger partial charge in [0.2, 0.25) is 0 Å². The van der Waals surface area contributed by atoms with Crippen molar-refractivity contribution in [3.63, 3.8) is 0 Å². The number of carbonyl (C=O) groups is 2. The normalized spacial score (nSPS) is 15.1. The molecule has 0 saturated carbocycles. The highest BCUT2D eigenvalue weighted by molar-refractivity contribution is 5.78. The van der Waals surface area contributed by atoms with Gasteiger partial charge in [-0.1, -0.05) is 0 Å². The lowest BCUT2D eigenvalue weighted by molar-refractivity contribution is -0.166. The standard InChI is InChI=1S/C9H16O5/c1-3-13-9(12)7(2)14-8(11)5-4-6-10/h7,10H,3-6H2,1-2H3/t7-/m0/s1/i4D2. The van der Waals surface area contributed by atoms with Gasteiger partial charge in [0.05, 0.1) is 6.61 Å².